The van der Waals surface area contributed by atoms with Crippen LogP contribution in [0.2, 0.25) is 0 Å². The van der Waals surface area contributed by atoms with Crippen molar-refractivity contribution in [1.29, 1.82) is 0 Å². The number of carbonyl (C=O) groups is 1. The van der Waals surface area contributed by atoms with Crippen LogP contribution in [0.4, 0.5) is 26.7 Å². The lowest BCUT2D eigenvalue weighted by Crippen LogP contribution is -2.43. The lowest BCUT2D eigenvalue weighted by atomic mass is 10.1. The Morgan fingerprint density at radius 1 is 1.25 bits per heavy atom. The quantitative estimate of drug-likeness (QED) is 0.392. The number of hydrogen-bond acceptors (Lipinski definition) is 5. The summed E-state index contributed by atoms with van der Waals surface area (Å²) in [5, 5.41) is 5.29. The van der Waals surface area contributed by atoms with Gasteiger partial charge < -0.3 is 14.2 Å². The Morgan fingerprint density at radius 2 is 2.00 bits per heavy atom. The number of likely N-dealkylation sites (N-methyl/N-ethyl adjacent to an activating group) is 1. The smallest absolute Gasteiger partial charge is 0.413 e. The number of likely N-dealkylation sites (tertiary alicyclic amines) is 1. The topological polar surface area (TPSA) is 65.7 Å². The molecule has 1 aliphatic carbocycles. The molecule has 0 saturated carbocycles. The van der Waals surface area contributed by atoms with Crippen molar-refractivity contribution >= 4 is 17.6 Å². The van der Waals surface area contributed by atoms with Crippen molar-refractivity contribution in [2.24, 2.45) is 0 Å². The van der Waals surface area contributed by atoms with Crippen molar-refractivity contribution in [2.75, 3.05) is 27.2 Å². The van der Waals surface area contributed by atoms with Crippen LogP contribution in [0.3, 0.4) is 0 Å². The van der Waals surface area contributed by atoms with Crippen LogP contribution in [0, 0.1) is 5.82 Å². The maximum absolute atomic E-state index is 15.1. The summed E-state index contributed by atoms with van der Waals surface area (Å²) in [6.45, 7) is 0.537. The van der Waals surface area contributed by atoms with Crippen molar-refractivity contribution in [3.8, 4) is 11.5 Å². The molecule has 0 spiro atoms. The first-order valence-electron chi connectivity index (χ1n) is 11.1. The summed E-state index contributed by atoms with van der Waals surface area (Å²) in [6, 6.07) is 3.12. The highest BCUT2D eigenvalue weighted by Gasteiger charge is 2.38. The summed E-state index contributed by atoms with van der Waals surface area (Å²) in [7, 11) is 3.80. The molecule has 2 atom stereocenters. The molecule has 7 nitrogen and oxygen atoms in total. The van der Waals surface area contributed by atoms with Gasteiger partial charge in [-0.25, -0.2) is 13.6 Å². The second-order valence-corrected chi connectivity index (χ2v) is 9.30. The lowest BCUT2D eigenvalue weighted by molar-refractivity contribution is -0.156. The monoisotopic (exact) mass is 531 g/mol. The Balaban J connectivity index is 1.62. The normalized spacial score (nSPS) is 20.5. The van der Waals surface area contributed by atoms with Gasteiger partial charge in [-0.05, 0) is 45.1 Å². The number of benzene rings is 1. The van der Waals surface area contributed by atoms with Crippen molar-refractivity contribution in [1.82, 2.24) is 24.9 Å². The van der Waals surface area contributed by atoms with E-state index < -0.39 is 41.0 Å². The molecule has 2 aromatic rings. The molecule has 1 aromatic heterocycles. The van der Waals surface area contributed by atoms with Crippen LogP contribution in [0.25, 0.3) is 11.5 Å². The van der Waals surface area contributed by atoms with E-state index >= 15 is 4.39 Å². The van der Waals surface area contributed by atoms with E-state index in [1.807, 2.05) is 19.0 Å². The van der Waals surface area contributed by atoms with Gasteiger partial charge in [0.25, 0.3) is 0 Å². The molecule has 1 aliphatic heterocycles. The van der Waals surface area contributed by atoms with Gasteiger partial charge in [-0.3, -0.25) is 4.90 Å². The molecule has 0 radical (unpaired) electrons. The third-order valence-electron chi connectivity index (χ3n) is 6.12. The number of urea groups is 1. The van der Waals surface area contributed by atoms with E-state index in [0.29, 0.717) is 13.1 Å². The molecule has 1 aromatic carbocycles. The first kappa shape index (κ1) is 26.1. The number of allylic oxidation sites excluding steroid dienone is 3. The molecule has 4 rings (SSSR count). The molecule has 1 unspecified atom stereocenters. The van der Waals surface area contributed by atoms with Crippen molar-refractivity contribution < 1.29 is 31.2 Å². The van der Waals surface area contributed by atoms with Gasteiger partial charge in [-0.15, -0.1) is 21.8 Å². The van der Waals surface area contributed by atoms with Crippen molar-refractivity contribution in [3.63, 3.8) is 0 Å². The van der Waals surface area contributed by atoms with Crippen molar-refractivity contribution in [2.45, 2.75) is 37.0 Å². The number of hydrogen-bond donors (Lipinski definition) is 0. The number of halogens is 6. The third-order valence-corrected chi connectivity index (χ3v) is 6.49. The van der Waals surface area contributed by atoms with Crippen LogP contribution in [0.5, 0.6) is 0 Å². The zero-order valence-electron chi connectivity index (χ0n) is 19.4. The van der Waals surface area contributed by atoms with Crippen LogP contribution in [-0.4, -0.2) is 69.5 Å². The Kier molecular flexibility index (Phi) is 7.37. The lowest BCUT2D eigenvalue weighted by Gasteiger charge is -2.31. The summed E-state index contributed by atoms with van der Waals surface area (Å²) in [5.41, 5.74) is -0.125. The van der Waals surface area contributed by atoms with Crippen LogP contribution in [0.15, 0.2) is 46.3 Å². The predicted molar refractivity (Wildman–Crippen MR) is 121 cm³/mol. The molecule has 2 amide bonds. The average Bonchev–Trinajstić information content (AvgIpc) is 3.50. The van der Waals surface area contributed by atoms with Crippen molar-refractivity contribution in [3.05, 3.63) is 59.1 Å². The predicted octanol–water partition coefficient (Wildman–Crippen LogP) is 5.20. The summed E-state index contributed by atoms with van der Waals surface area (Å²) in [5.74, 6) is -3.60. The first-order chi connectivity index (χ1) is 17.0. The maximum atomic E-state index is 15.1. The SMILES string of the molecule is CN(C)[C@H]1CCN(C(=O)N(Cc2ccc(-c3nnc(C(F)(F)F)o3)cc2F)C2=C(F)C(Cl)CC=C2)C1. The summed E-state index contributed by atoms with van der Waals surface area (Å²) in [4.78, 5) is 18.2. The fraction of sp³-hybridized carbons (Fsp3) is 0.435. The van der Waals surface area contributed by atoms with Gasteiger partial charge in [0.1, 0.15) is 11.6 Å². The molecule has 1 saturated heterocycles. The minimum atomic E-state index is -4.84. The minimum Gasteiger partial charge on any atom is -0.413 e. The fourth-order valence-corrected chi connectivity index (χ4v) is 4.27. The standard InChI is InChI=1S/C23H23ClF5N5O2/c1-32(2)15-8-9-33(12-15)22(35)34(18-5-3-4-16(24)19(18)26)11-14-7-6-13(10-17(14)25)20-30-31-21(36-20)23(27,28)29/h3,5-7,10,15-16H,4,8-9,11-12H2,1-2H3/t15-,16?/m0/s1. The van der Waals surface area contributed by atoms with Gasteiger partial charge in [-0.1, -0.05) is 12.1 Å². The molecule has 36 heavy (non-hydrogen) atoms. The summed E-state index contributed by atoms with van der Waals surface area (Å²) in [6.07, 6.45) is -0.781. The number of nitrogens with zero attached hydrogens (tertiary/aromatic N) is 5. The highest BCUT2D eigenvalue weighted by molar-refractivity contribution is 6.22. The second kappa shape index (κ2) is 10.2. The maximum Gasteiger partial charge on any atom is 0.470 e. The molecule has 13 heteroatoms. The molecular formula is C23H23ClF5N5O2. The summed E-state index contributed by atoms with van der Waals surface area (Å²) < 4.78 is 72.9. The molecule has 2 aliphatic rings. The zero-order valence-corrected chi connectivity index (χ0v) is 20.2. The fourth-order valence-electron chi connectivity index (χ4n) is 4.06. The number of aromatic nitrogens is 2. The van der Waals surface area contributed by atoms with Gasteiger partial charge in [0.05, 0.1) is 17.6 Å². The highest BCUT2D eigenvalue weighted by Crippen LogP contribution is 2.33. The van der Waals surface area contributed by atoms with Crippen LogP contribution in [0.1, 0.15) is 24.3 Å². The molecule has 0 N–H and O–H groups in total. The molecule has 0 bridgehead atoms. The van der Waals surface area contributed by atoms with Gasteiger partial charge in [0, 0.05) is 30.3 Å². The van der Waals surface area contributed by atoms with E-state index in [9.17, 15) is 22.4 Å². The number of amides is 2. The Labute approximate surface area is 208 Å². The Hall–Kier alpha value is -2.99. The van der Waals surface area contributed by atoms with E-state index in [1.54, 1.807) is 11.0 Å². The van der Waals surface area contributed by atoms with Gasteiger partial charge >= 0.3 is 18.1 Å². The van der Waals surface area contributed by atoms with Gasteiger partial charge in [-0.2, -0.15) is 13.2 Å². The number of carbonyl (C=O) groups excluding carboxylic acids is 1. The average molecular weight is 532 g/mol. The van der Waals surface area contributed by atoms with Crippen LogP contribution >= 0.6 is 11.6 Å². The van der Waals surface area contributed by atoms with E-state index in [-0.39, 0.29) is 35.8 Å². The van der Waals surface area contributed by atoms with Gasteiger partial charge in [0.2, 0.25) is 5.89 Å². The van der Waals surface area contributed by atoms with E-state index in [4.69, 9.17) is 11.6 Å². The highest BCUT2D eigenvalue weighted by atomic mass is 35.5. The molecule has 194 valence electrons. The molecule has 2 heterocycles. The number of rotatable bonds is 5. The second-order valence-electron chi connectivity index (χ2n) is 8.78. The first-order valence-corrected chi connectivity index (χ1v) is 11.5. The summed E-state index contributed by atoms with van der Waals surface area (Å²) >= 11 is 6.07. The van der Waals surface area contributed by atoms with Crippen LogP contribution in [-0.2, 0) is 12.7 Å². The van der Waals surface area contributed by atoms with Crippen LogP contribution < -0.4 is 0 Å². The van der Waals surface area contributed by atoms with E-state index in [1.165, 1.54) is 18.2 Å². The largest absolute Gasteiger partial charge is 0.470 e. The minimum absolute atomic E-state index is 0.0106. The Morgan fingerprint density at radius 3 is 2.61 bits per heavy atom. The van der Waals surface area contributed by atoms with Gasteiger partial charge in [0.15, 0.2) is 0 Å². The van der Waals surface area contributed by atoms with E-state index in [2.05, 4.69) is 14.6 Å². The number of alkyl halides is 4. The zero-order chi connectivity index (χ0) is 26.2. The molecular weight excluding hydrogens is 509 g/mol. The molecule has 1 fully saturated rings. The third kappa shape index (κ3) is 5.39. The van der Waals surface area contributed by atoms with E-state index in [0.717, 1.165) is 17.4 Å². The Bertz CT molecular complexity index is 1200.